The van der Waals surface area contributed by atoms with Crippen LogP contribution in [0.4, 0.5) is 13.2 Å². The number of hydrogen-bond donors (Lipinski definition) is 2. The van der Waals surface area contributed by atoms with E-state index in [-0.39, 0.29) is 21.7 Å². The van der Waals surface area contributed by atoms with Gasteiger partial charge in [0.15, 0.2) is 5.60 Å². The van der Waals surface area contributed by atoms with Gasteiger partial charge in [0.05, 0.1) is 23.7 Å². The van der Waals surface area contributed by atoms with Crippen molar-refractivity contribution in [3.63, 3.8) is 0 Å². The summed E-state index contributed by atoms with van der Waals surface area (Å²) in [4.78, 5) is 13.6. The first-order chi connectivity index (χ1) is 14.9. The molecule has 0 amide bonds. The fourth-order valence-electron chi connectivity index (χ4n) is 4.58. The van der Waals surface area contributed by atoms with Crippen LogP contribution in [0.2, 0.25) is 5.02 Å². The minimum atomic E-state index is -5.01. The molecular weight excluding hydrogens is 447 g/mol. The van der Waals surface area contributed by atoms with Crippen molar-refractivity contribution < 1.29 is 23.0 Å². The molecule has 0 saturated heterocycles. The quantitative estimate of drug-likeness (QED) is 0.600. The number of benzene rings is 2. The molecule has 0 spiro atoms. The molecule has 6 nitrogen and oxygen atoms in total. The second-order valence-corrected chi connectivity index (χ2v) is 8.95. The molecule has 0 saturated carbocycles. The van der Waals surface area contributed by atoms with Gasteiger partial charge in [-0.05, 0) is 29.5 Å². The average Bonchev–Trinajstić information content (AvgIpc) is 2.71. The molecule has 0 aliphatic heterocycles. The van der Waals surface area contributed by atoms with E-state index in [9.17, 15) is 23.1 Å². The van der Waals surface area contributed by atoms with E-state index in [0.29, 0.717) is 10.9 Å². The molecule has 1 aliphatic rings. The van der Waals surface area contributed by atoms with Gasteiger partial charge in [0.25, 0.3) is 5.56 Å². The molecule has 0 fully saturated rings. The number of aromatic nitrogens is 2. The third-order valence-electron chi connectivity index (χ3n) is 5.96. The van der Waals surface area contributed by atoms with Crippen molar-refractivity contribution in [3.8, 4) is 5.75 Å². The van der Waals surface area contributed by atoms with Crippen LogP contribution in [0, 0.1) is 0 Å². The standard InChI is InChI=1S/C22H21ClF3N3O3/c1-20(2)11-21(31,22(24,25)26)18(14-8-9-15(23)17(32-3)16(14)20)28-29-19(30)13-7-5-4-6-12(13)10-27-29/h4-10,18,28,31H,11H2,1-3H3. The summed E-state index contributed by atoms with van der Waals surface area (Å²) in [6.07, 6.45) is -4.33. The number of rotatable bonds is 3. The number of fused-ring (bicyclic) bond motifs is 2. The van der Waals surface area contributed by atoms with Crippen molar-refractivity contribution in [2.45, 2.75) is 43.5 Å². The number of ether oxygens (including phenoxy) is 1. The van der Waals surface area contributed by atoms with E-state index in [1.165, 1.54) is 25.4 Å². The number of methoxy groups -OCH3 is 1. The highest BCUT2D eigenvalue weighted by Gasteiger charge is 2.64. The molecule has 170 valence electrons. The average molecular weight is 468 g/mol. The Kier molecular flexibility index (Phi) is 5.17. The van der Waals surface area contributed by atoms with E-state index in [1.807, 2.05) is 0 Å². The van der Waals surface area contributed by atoms with Crippen LogP contribution in [0.5, 0.6) is 5.75 Å². The molecule has 2 atom stereocenters. The van der Waals surface area contributed by atoms with E-state index < -0.39 is 35.2 Å². The molecule has 0 bridgehead atoms. The largest absolute Gasteiger partial charge is 0.495 e. The summed E-state index contributed by atoms with van der Waals surface area (Å²) < 4.78 is 48.2. The summed E-state index contributed by atoms with van der Waals surface area (Å²) in [5.74, 6) is 0.226. The summed E-state index contributed by atoms with van der Waals surface area (Å²) >= 11 is 6.25. The number of hydrogen-bond acceptors (Lipinski definition) is 5. The van der Waals surface area contributed by atoms with E-state index in [4.69, 9.17) is 16.3 Å². The number of nitrogens with zero attached hydrogens (tertiary/aromatic N) is 2. The van der Waals surface area contributed by atoms with Gasteiger partial charge in [0.1, 0.15) is 11.8 Å². The molecule has 2 N–H and O–H groups in total. The Bertz CT molecular complexity index is 1260. The van der Waals surface area contributed by atoms with Crippen molar-refractivity contribution in [1.82, 2.24) is 9.89 Å². The number of nitrogens with one attached hydrogen (secondary N) is 1. The van der Waals surface area contributed by atoms with E-state index in [1.54, 1.807) is 38.1 Å². The third kappa shape index (κ3) is 3.31. The predicted molar refractivity (Wildman–Crippen MR) is 115 cm³/mol. The highest BCUT2D eigenvalue weighted by atomic mass is 35.5. The first-order valence-corrected chi connectivity index (χ1v) is 10.2. The van der Waals surface area contributed by atoms with Crippen LogP contribution in [0.25, 0.3) is 10.8 Å². The molecule has 2 aromatic carbocycles. The van der Waals surface area contributed by atoms with Crippen molar-refractivity contribution in [3.05, 3.63) is 69.1 Å². The van der Waals surface area contributed by atoms with Crippen molar-refractivity contribution in [2.24, 2.45) is 0 Å². The van der Waals surface area contributed by atoms with E-state index in [2.05, 4.69) is 10.5 Å². The Hall–Kier alpha value is -2.78. The molecule has 1 aromatic heterocycles. The summed E-state index contributed by atoms with van der Waals surface area (Å²) in [7, 11) is 1.37. The number of aliphatic hydroxyl groups is 1. The van der Waals surface area contributed by atoms with Crippen molar-refractivity contribution in [2.75, 3.05) is 12.5 Å². The number of alkyl halides is 3. The minimum Gasteiger partial charge on any atom is -0.495 e. The third-order valence-corrected chi connectivity index (χ3v) is 6.26. The monoisotopic (exact) mass is 467 g/mol. The molecule has 0 radical (unpaired) electrons. The molecule has 1 aliphatic carbocycles. The highest BCUT2D eigenvalue weighted by Crippen LogP contribution is 2.56. The normalized spacial score (nSPS) is 22.4. The lowest BCUT2D eigenvalue weighted by Gasteiger charge is -2.49. The zero-order chi connectivity index (χ0) is 23.5. The molecule has 32 heavy (non-hydrogen) atoms. The topological polar surface area (TPSA) is 76.4 Å². The van der Waals surface area contributed by atoms with Crippen molar-refractivity contribution in [1.29, 1.82) is 0 Å². The fraction of sp³-hybridized carbons (Fsp3) is 0.364. The van der Waals surface area contributed by atoms with Crippen LogP contribution in [0.3, 0.4) is 0 Å². The van der Waals surface area contributed by atoms with E-state index >= 15 is 0 Å². The SMILES string of the molecule is COc1c(Cl)ccc2c1C(C)(C)CC(O)(C(F)(F)F)C2Nn1ncc2ccccc2c1=O. The second kappa shape index (κ2) is 7.38. The molecule has 3 aromatic rings. The second-order valence-electron chi connectivity index (χ2n) is 8.54. The first-order valence-electron chi connectivity index (χ1n) is 9.80. The zero-order valence-corrected chi connectivity index (χ0v) is 18.3. The van der Waals surface area contributed by atoms with Gasteiger partial charge in [0, 0.05) is 10.9 Å². The fourth-order valence-corrected chi connectivity index (χ4v) is 4.81. The number of halogens is 4. The lowest BCUT2D eigenvalue weighted by molar-refractivity contribution is -0.277. The Morgan fingerprint density at radius 2 is 1.94 bits per heavy atom. The van der Waals surface area contributed by atoms with Crippen LogP contribution >= 0.6 is 11.6 Å². The van der Waals surface area contributed by atoms with Crippen LogP contribution in [-0.2, 0) is 5.41 Å². The molecule has 1 heterocycles. The van der Waals surface area contributed by atoms with Gasteiger partial charge < -0.3 is 9.84 Å². The van der Waals surface area contributed by atoms with Gasteiger partial charge in [-0.1, -0.05) is 49.7 Å². The Balaban J connectivity index is 1.96. The van der Waals surface area contributed by atoms with Crippen LogP contribution in [0.1, 0.15) is 37.4 Å². The Morgan fingerprint density at radius 1 is 1.25 bits per heavy atom. The first kappa shape index (κ1) is 22.4. The lowest BCUT2D eigenvalue weighted by Crippen LogP contribution is -2.60. The molecule has 4 rings (SSSR count). The van der Waals surface area contributed by atoms with Gasteiger partial charge in [0.2, 0.25) is 0 Å². The predicted octanol–water partition coefficient (Wildman–Crippen LogP) is 4.32. The van der Waals surface area contributed by atoms with Gasteiger partial charge in [-0.2, -0.15) is 18.3 Å². The molecule has 2 unspecified atom stereocenters. The van der Waals surface area contributed by atoms with E-state index in [0.717, 1.165) is 4.79 Å². The molecule has 10 heteroatoms. The Labute approximate surface area is 186 Å². The summed E-state index contributed by atoms with van der Waals surface area (Å²) in [6, 6.07) is 7.65. The highest BCUT2D eigenvalue weighted by molar-refractivity contribution is 6.32. The van der Waals surface area contributed by atoms with Crippen molar-refractivity contribution >= 4 is 22.4 Å². The summed E-state index contributed by atoms with van der Waals surface area (Å²) in [6.45, 7) is 3.16. The van der Waals surface area contributed by atoms with Crippen LogP contribution in [-0.4, -0.2) is 33.9 Å². The van der Waals surface area contributed by atoms with Crippen LogP contribution < -0.4 is 15.7 Å². The van der Waals surface area contributed by atoms with Gasteiger partial charge in [-0.3, -0.25) is 10.2 Å². The zero-order valence-electron chi connectivity index (χ0n) is 17.5. The lowest BCUT2D eigenvalue weighted by atomic mass is 9.63. The smallest absolute Gasteiger partial charge is 0.419 e. The Morgan fingerprint density at radius 3 is 2.59 bits per heavy atom. The van der Waals surface area contributed by atoms with Gasteiger partial charge in [-0.25, -0.2) is 0 Å². The van der Waals surface area contributed by atoms with Gasteiger partial charge >= 0.3 is 6.18 Å². The molecular formula is C22H21ClF3N3O3. The maximum absolute atomic E-state index is 14.3. The van der Waals surface area contributed by atoms with Gasteiger partial charge in [-0.15, -0.1) is 4.79 Å². The maximum atomic E-state index is 14.3. The van der Waals surface area contributed by atoms with Crippen LogP contribution in [0.15, 0.2) is 47.4 Å². The minimum absolute atomic E-state index is 0.115. The summed E-state index contributed by atoms with van der Waals surface area (Å²) in [5.41, 5.74) is -1.91. The maximum Gasteiger partial charge on any atom is 0.419 e. The summed E-state index contributed by atoms with van der Waals surface area (Å²) in [5, 5.41) is 16.1.